The predicted molar refractivity (Wildman–Crippen MR) is 114 cm³/mol. The highest BCUT2D eigenvalue weighted by Gasteiger charge is 2.16. The van der Waals surface area contributed by atoms with E-state index >= 15 is 0 Å². The molecule has 0 N–H and O–H groups in total. The van der Waals surface area contributed by atoms with Crippen LogP contribution in [-0.4, -0.2) is 34.0 Å². The van der Waals surface area contributed by atoms with Crippen molar-refractivity contribution in [3.63, 3.8) is 0 Å². The lowest BCUT2D eigenvalue weighted by Gasteiger charge is -2.11. The van der Waals surface area contributed by atoms with Crippen LogP contribution in [0.25, 0.3) is 17.1 Å². The molecule has 0 atom stereocenters. The molecule has 7 heteroatoms. The van der Waals surface area contributed by atoms with Gasteiger partial charge in [0.25, 0.3) is 0 Å². The normalized spacial score (nSPS) is 10.7. The monoisotopic (exact) mass is 404 g/mol. The SMILES string of the molecule is COc1ccc(CSc2nnc(-c3ccncc3)n2-c2ccc(OC)cc2)cc1. The van der Waals surface area contributed by atoms with E-state index in [0.29, 0.717) is 0 Å². The Kier molecular flexibility index (Phi) is 5.76. The summed E-state index contributed by atoms with van der Waals surface area (Å²) in [5.74, 6) is 3.20. The van der Waals surface area contributed by atoms with Crippen molar-refractivity contribution in [1.29, 1.82) is 0 Å². The lowest BCUT2D eigenvalue weighted by Crippen LogP contribution is -2.00. The minimum Gasteiger partial charge on any atom is -0.497 e. The number of ether oxygens (including phenoxy) is 2. The van der Waals surface area contributed by atoms with Crippen molar-refractivity contribution in [3.05, 3.63) is 78.6 Å². The van der Waals surface area contributed by atoms with Crippen molar-refractivity contribution in [2.45, 2.75) is 10.9 Å². The highest BCUT2D eigenvalue weighted by atomic mass is 32.2. The van der Waals surface area contributed by atoms with Gasteiger partial charge in [-0.1, -0.05) is 23.9 Å². The van der Waals surface area contributed by atoms with Crippen LogP contribution in [0.15, 0.2) is 78.2 Å². The second-order valence-electron chi connectivity index (χ2n) is 6.21. The van der Waals surface area contributed by atoms with E-state index in [-0.39, 0.29) is 0 Å². The van der Waals surface area contributed by atoms with Crippen LogP contribution in [0.2, 0.25) is 0 Å². The average Bonchev–Trinajstić information content (AvgIpc) is 3.22. The molecule has 146 valence electrons. The molecule has 0 radical (unpaired) electrons. The van der Waals surface area contributed by atoms with Crippen LogP contribution in [0.4, 0.5) is 0 Å². The zero-order chi connectivity index (χ0) is 20.1. The van der Waals surface area contributed by atoms with Crippen LogP contribution >= 0.6 is 11.8 Å². The molecule has 4 aromatic rings. The fraction of sp³-hybridized carbons (Fsp3) is 0.136. The quantitative estimate of drug-likeness (QED) is 0.418. The summed E-state index contributed by atoms with van der Waals surface area (Å²) >= 11 is 1.64. The van der Waals surface area contributed by atoms with E-state index in [1.165, 1.54) is 5.56 Å². The van der Waals surface area contributed by atoms with Crippen LogP contribution in [0.1, 0.15) is 5.56 Å². The van der Waals surface area contributed by atoms with Gasteiger partial charge in [0.2, 0.25) is 0 Å². The molecule has 0 aliphatic carbocycles. The molecule has 0 bridgehead atoms. The lowest BCUT2D eigenvalue weighted by molar-refractivity contribution is 0.414. The summed E-state index contributed by atoms with van der Waals surface area (Å²) in [4.78, 5) is 4.10. The molecule has 0 amide bonds. The third-order valence-electron chi connectivity index (χ3n) is 4.43. The molecule has 0 spiro atoms. The minimum absolute atomic E-state index is 0.772. The van der Waals surface area contributed by atoms with Gasteiger partial charge in [0.1, 0.15) is 11.5 Å². The number of thioether (sulfide) groups is 1. The van der Waals surface area contributed by atoms with Crippen LogP contribution in [0.3, 0.4) is 0 Å². The number of methoxy groups -OCH3 is 2. The zero-order valence-electron chi connectivity index (χ0n) is 16.1. The van der Waals surface area contributed by atoms with Gasteiger partial charge in [-0.25, -0.2) is 0 Å². The van der Waals surface area contributed by atoms with Crippen LogP contribution in [-0.2, 0) is 5.75 Å². The first kappa shape index (κ1) is 19.0. The maximum Gasteiger partial charge on any atom is 0.196 e. The Balaban J connectivity index is 1.68. The third-order valence-corrected chi connectivity index (χ3v) is 5.43. The van der Waals surface area contributed by atoms with Crippen molar-refractivity contribution in [2.75, 3.05) is 14.2 Å². The Morgan fingerprint density at radius 3 is 2.03 bits per heavy atom. The van der Waals surface area contributed by atoms with Gasteiger partial charge in [-0.2, -0.15) is 0 Å². The summed E-state index contributed by atoms with van der Waals surface area (Å²) in [7, 11) is 3.33. The molecule has 0 saturated heterocycles. The first-order valence-electron chi connectivity index (χ1n) is 9.04. The molecular weight excluding hydrogens is 384 g/mol. The average molecular weight is 404 g/mol. The molecule has 2 aromatic carbocycles. The molecular formula is C22H20N4O2S. The van der Waals surface area contributed by atoms with Crippen LogP contribution in [0, 0.1) is 0 Å². The third kappa shape index (κ3) is 4.25. The molecule has 2 heterocycles. The van der Waals surface area contributed by atoms with Gasteiger partial charge < -0.3 is 9.47 Å². The van der Waals surface area contributed by atoms with Crippen LogP contribution < -0.4 is 9.47 Å². The summed E-state index contributed by atoms with van der Waals surface area (Å²) in [6.45, 7) is 0. The lowest BCUT2D eigenvalue weighted by atomic mass is 10.2. The van der Waals surface area contributed by atoms with Gasteiger partial charge in [-0.15, -0.1) is 10.2 Å². The van der Waals surface area contributed by atoms with Gasteiger partial charge in [0.05, 0.1) is 14.2 Å². The van der Waals surface area contributed by atoms with E-state index in [1.54, 1.807) is 38.4 Å². The van der Waals surface area contributed by atoms with Crippen molar-refractivity contribution < 1.29 is 9.47 Å². The van der Waals surface area contributed by atoms with Crippen molar-refractivity contribution in [2.24, 2.45) is 0 Å². The number of rotatable bonds is 7. The molecule has 0 aliphatic rings. The summed E-state index contributed by atoms with van der Waals surface area (Å²) in [6.07, 6.45) is 3.51. The van der Waals surface area contributed by atoms with Crippen molar-refractivity contribution >= 4 is 11.8 Å². The maximum absolute atomic E-state index is 5.29. The number of hydrogen-bond acceptors (Lipinski definition) is 6. The molecule has 0 saturated carbocycles. The summed E-state index contributed by atoms with van der Waals surface area (Å²) < 4.78 is 12.6. The largest absolute Gasteiger partial charge is 0.497 e. The van der Waals surface area contributed by atoms with Gasteiger partial charge in [-0.05, 0) is 54.1 Å². The molecule has 2 aromatic heterocycles. The minimum atomic E-state index is 0.772. The summed E-state index contributed by atoms with van der Waals surface area (Å²) in [6, 6.07) is 19.8. The summed E-state index contributed by atoms with van der Waals surface area (Å²) in [5.41, 5.74) is 3.12. The predicted octanol–water partition coefficient (Wildman–Crippen LogP) is 4.64. The van der Waals surface area contributed by atoms with Crippen molar-refractivity contribution in [3.8, 4) is 28.6 Å². The number of aromatic nitrogens is 4. The smallest absolute Gasteiger partial charge is 0.196 e. The van der Waals surface area contributed by atoms with Gasteiger partial charge in [-0.3, -0.25) is 9.55 Å². The number of pyridine rings is 1. The highest BCUT2D eigenvalue weighted by molar-refractivity contribution is 7.98. The number of hydrogen-bond donors (Lipinski definition) is 0. The Hall–Kier alpha value is -3.32. The number of nitrogens with zero attached hydrogens (tertiary/aromatic N) is 4. The molecule has 6 nitrogen and oxygen atoms in total. The van der Waals surface area contributed by atoms with Crippen molar-refractivity contribution in [1.82, 2.24) is 19.7 Å². The van der Waals surface area contributed by atoms with E-state index < -0.39 is 0 Å². The Morgan fingerprint density at radius 2 is 1.41 bits per heavy atom. The first-order chi connectivity index (χ1) is 14.3. The molecule has 0 fully saturated rings. The Morgan fingerprint density at radius 1 is 0.793 bits per heavy atom. The molecule has 0 aliphatic heterocycles. The maximum atomic E-state index is 5.29. The highest BCUT2D eigenvalue weighted by Crippen LogP contribution is 2.30. The second kappa shape index (κ2) is 8.79. The Bertz CT molecular complexity index is 1060. The van der Waals surface area contributed by atoms with E-state index in [9.17, 15) is 0 Å². The standard InChI is InChI=1S/C22H20N4O2S/c1-27-19-7-3-16(4-8-19)15-29-22-25-24-21(17-11-13-23-14-12-17)26(22)18-5-9-20(28-2)10-6-18/h3-14H,15H2,1-2H3. The van der Waals surface area contributed by atoms with Gasteiger partial charge >= 0.3 is 0 Å². The second-order valence-corrected chi connectivity index (χ2v) is 7.15. The van der Waals surface area contributed by atoms with E-state index in [0.717, 1.165) is 39.5 Å². The topological polar surface area (TPSA) is 62.1 Å². The molecule has 29 heavy (non-hydrogen) atoms. The van der Waals surface area contributed by atoms with E-state index in [2.05, 4.69) is 31.9 Å². The van der Waals surface area contributed by atoms with E-state index in [4.69, 9.17) is 9.47 Å². The summed E-state index contributed by atoms with van der Waals surface area (Å²) in [5, 5.41) is 9.74. The van der Waals surface area contributed by atoms with Crippen LogP contribution in [0.5, 0.6) is 11.5 Å². The Labute approximate surface area is 173 Å². The van der Waals surface area contributed by atoms with Gasteiger partial charge in [0, 0.05) is 29.4 Å². The molecule has 4 rings (SSSR count). The fourth-order valence-corrected chi connectivity index (χ4v) is 3.79. The first-order valence-corrected chi connectivity index (χ1v) is 10.0. The molecule has 0 unspecified atom stereocenters. The van der Waals surface area contributed by atoms with Gasteiger partial charge in [0.15, 0.2) is 11.0 Å². The number of benzene rings is 2. The zero-order valence-corrected chi connectivity index (χ0v) is 17.0. The van der Waals surface area contributed by atoms with E-state index in [1.807, 2.05) is 48.5 Å². The fourth-order valence-electron chi connectivity index (χ4n) is 2.89.